The van der Waals surface area contributed by atoms with Gasteiger partial charge in [-0.25, -0.2) is 13.8 Å². The van der Waals surface area contributed by atoms with Crippen molar-refractivity contribution in [1.82, 2.24) is 29.5 Å². The van der Waals surface area contributed by atoms with Gasteiger partial charge < -0.3 is 9.55 Å². The Bertz CT molecular complexity index is 1640. The second-order valence-electron chi connectivity index (χ2n) is 7.68. The summed E-state index contributed by atoms with van der Waals surface area (Å²) >= 11 is 1.07. The molecule has 0 fully saturated rings. The van der Waals surface area contributed by atoms with Crippen molar-refractivity contribution >= 4 is 39.8 Å². The number of carbonyl (C=O) groups excluding carboxylic acids is 1. The van der Waals surface area contributed by atoms with E-state index in [1.54, 1.807) is 30.7 Å². The molecule has 0 aliphatic rings. The molecule has 0 spiro atoms. The molecular formula is C23H18F2N6O2S. The zero-order valence-corrected chi connectivity index (χ0v) is 18.9. The van der Waals surface area contributed by atoms with Crippen LogP contribution in [-0.2, 0) is 6.54 Å². The average Bonchev–Trinajstić information content (AvgIpc) is 3.37. The second kappa shape index (κ2) is 8.41. The Balaban J connectivity index is 1.86. The highest BCUT2D eigenvalue weighted by molar-refractivity contribution is 7.97. The average molecular weight is 481 g/mol. The fraction of sp³-hybridized carbons (Fsp3) is 0.130. The van der Waals surface area contributed by atoms with Gasteiger partial charge in [0.15, 0.2) is 0 Å². The molecule has 0 saturated carbocycles. The smallest absolute Gasteiger partial charge is 0.278 e. The summed E-state index contributed by atoms with van der Waals surface area (Å²) < 4.78 is 33.8. The van der Waals surface area contributed by atoms with Crippen LogP contribution >= 0.6 is 11.9 Å². The number of aromatic nitrogens is 5. The molecule has 5 rings (SSSR count). The van der Waals surface area contributed by atoms with E-state index >= 15 is 0 Å². The van der Waals surface area contributed by atoms with E-state index in [0.717, 1.165) is 11.9 Å². The number of benzene rings is 1. The summed E-state index contributed by atoms with van der Waals surface area (Å²) in [6, 6.07) is 7.37. The molecular weight excluding hydrogens is 462 g/mol. The van der Waals surface area contributed by atoms with Gasteiger partial charge in [0.1, 0.15) is 17.3 Å². The lowest BCUT2D eigenvalue weighted by Crippen LogP contribution is -2.22. The number of carbonyl (C=O) groups is 1. The Kier molecular flexibility index (Phi) is 5.40. The quantitative estimate of drug-likeness (QED) is 0.331. The summed E-state index contributed by atoms with van der Waals surface area (Å²) in [5.74, 6) is -1.62. The van der Waals surface area contributed by atoms with Gasteiger partial charge in [-0.15, -0.1) is 0 Å². The number of aromatic amines is 2. The van der Waals surface area contributed by atoms with Crippen molar-refractivity contribution in [2.24, 2.45) is 0 Å². The number of nitrogens with one attached hydrogen (secondary N) is 3. The number of halogens is 2. The third-order valence-corrected chi connectivity index (χ3v) is 5.99. The van der Waals surface area contributed by atoms with Crippen LogP contribution in [0.1, 0.15) is 21.7 Å². The summed E-state index contributed by atoms with van der Waals surface area (Å²) in [5, 5.41) is 7.32. The maximum atomic E-state index is 15.0. The highest BCUT2D eigenvalue weighted by Gasteiger charge is 2.28. The van der Waals surface area contributed by atoms with E-state index in [4.69, 9.17) is 0 Å². The molecule has 4 heterocycles. The molecule has 11 heteroatoms. The van der Waals surface area contributed by atoms with Gasteiger partial charge in [-0.3, -0.25) is 19.4 Å². The molecule has 0 bridgehead atoms. The SMILES string of the molecule is CSNC(=O)c1c(-c2ccc[nH]c2=O)c2nc(C)c(F)cc2n1Cc1cc2cn[nH]c2cc1F. The minimum atomic E-state index is -0.581. The lowest BCUT2D eigenvalue weighted by atomic mass is 10.1. The van der Waals surface area contributed by atoms with Crippen LogP contribution in [0.3, 0.4) is 0 Å². The molecule has 0 unspecified atom stereocenters. The van der Waals surface area contributed by atoms with Crippen molar-refractivity contribution in [2.75, 3.05) is 6.26 Å². The highest BCUT2D eigenvalue weighted by Crippen LogP contribution is 2.34. The van der Waals surface area contributed by atoms with Gasteiger partial charge in [-0.1, -0.05) is 11.9 Å². The molecule has 0 atom stereocenters. The minimum Gasteiger partial charge on any atom is -0.330 e. The predicted octanol–water partition coefficient (Wildman–Crippen LogP) is 3.91. The monoisotopic (exact) mass is 480 g/mol. The van der Waals surface area contributed by atoms with Crippen LogP contribution in [0.15, 0.2) is 47.5 Å². The number of aryl methyl sites for hydroxylation is 1. The van der Waals surface area contributed by atoms with Gasteiger partial charge in [0.2, 0.25) is 0 Å². The van der Waals surface area contributed by atoms with Crippen LogP contribution < -0.4 is 10.3 Å². The molecule has 5 aromatic rings. The van der Waals surface area contributed by atoms with Crippen LogP contribution in [0.2, 0.25) is 0 Å². The fourth-order valence-corrected chi connectivity index (χ4v) is 4.33. The Morgan fingerprint density at radius 1 is 1.24 bits per heavy atom. The van der Waals surface area contributed by atoms with Gasteiger partial charge >= 0.3 is 0 Å². The lowest BCUT2D eigenvalue weighted by molar-refractivity contribution is 0.0977. The summed E-state index contributed by atoms with van der Waals surface area (Å²) in [6.07, 6.45) is 4.71. The number of H-pyrrole nitrogens is 2. The standard InChI is InChI=1S/C23H18F2N6O2S/c1-11-15(24)8-18-20(28-11)19(14-4-3-5-26-22(14)32)21(23(33)30-34-2)31(18)10-13-6-12-9-27-29-17(12)7-16(13)25/h3-9H,10H2,1-2H3,(H,26,32)(H,27,29)(H,30,33). The maximum Gasteiger partial charge on any atom is 0.278 e. The number of nitrogens with zero attached hydrogens (tertiary/aromatic N) is 3. The van der Waals surface area contributed by atoms with Crippen LogP contribution in [0.25, 0.3) is 33.1 Å². The minimum absolute atomic E-state index is 0.0743. The zero-order valence-electron chi connectivity index (χ0n) is 18.1. The van der Waals surface area contributed by atoms with E-state index < -0.39 is 23.1 Å². The maximum absolute atomic E-state index is 15.0. The summed E-state index contributed by atoms with van der Waals surface area (Å²) in [4.78, 5) is 33.0. The van der Waals surface area contributed by atoms with Gasteiger partial charge in [0.25, 0.3) is 11.5 Å². The van der Waals surface area contributed by atoms with Gasteiger partial charge in [-0.2, -0.15) is 5.10 Å². The first-order chi connectivity index (χ1) is 16.4. The number of amides is 1. The third kappa shape index (κ3) is 3.54. The number of hydrogen-bond acceptors (Lipinski definition) is 5. The van der Waals surface area contributed by atoms with E-state index in [0.29, 0.717) is 10.9 Å². The molecule has 172 valence electrons. The Morgan fingerprint density at radius 2 is 2.06 bits per heavy atom. The molecule has 0 aliphatic carbocycles. The molecule has 1 amide bonds. The van der Waals surface area contributed by atoms with Crippen molar-refractivity contribution in [1.29, 1.82) is 0 Å². The molecule has 1 aromatic carbocycles. The number of pyridine rings is 2. The van der Waals surface area contributed by atoms with Crippen molar-refractivity contribution in [2.45, 2.75) is 13.5 Å². The molecule has 8 nitrogen and oxygen atoms in total. The molecule has 0 radical (unpaired) electrons. The fourth-order valence-electron chi connectivity index (χ4n) is 4.05. The van der Waals surface area contributed by atoms with Crippen LogP contribution in [0.5, 0.6) is 0 Å². The normalized spacial score (nSPS) is 11.4. The first kappa shape index (κ1) is 21.8. The predicted molar refractivity (Wildman–Crippen MR) is 127 cm³/mol. The van der Waals surface area contributed by atoms with Crippen molar-refractivity contribution in [3.8, 4) is 11.1 Å². The van der Waals surface area contributed by atoms with Crippen LogP contribution in [0.4, 0.5) is 8.78 Å². The molecule has 4 aromatic heterocycles. The van der Waals surface area contributed by atoms with Gasteiger partial charge in [0, 0.05) is 35.0 Å². The number of fused-ring (bicyclic) bond motifs is 2. The summed E-state index contributed by atoms with van der Waals surface area (Å²) in [7, 11) is 0. The Hall–Kier alpha value is -3.99. The van der Waals surface area contributed by atoms with Crippen molar-refractivity contribution < 1.29 is 13.6 Å². The Labute approximate surface area is 195 Å². The lowest BCUT2D eigenvalue weighted by Gasteiger charge is -2.13. The van der Waals surface area contributed by atoms with E-state index in [-0.39, 0.29) is 45.7 Å². The van der Waals surface area contributed by atoms with E-state index in [9.17, 15) is 18.4 Å². The van der Waals surface area contributed by atoms with Gasteiger partial charge in [-0.05, 0) is 31.2 Å². The summed E-state index contributed by atoms with van der Waals surface area (Å²) in [6.45, 7) is 1.40. The second-order valence-corrected chi connectivity index (χ2v) is 8.29. The zero-order chi connectivity index (χ0) is 24.0. The van der Waals surface area contributed by atoms with E-state index in [2.05, 4.69) is 24.9 Å². The first-order valence-electron chi connectivity index (χ1n) is 10.2. The van der Waals surface area contributed by atoms with Crippen molar-refractivity contribution in [3.63, 3.8) is 0 Å². The Morgan fingerprint density at radius 3 is 2.82 bits per heavy atom. The van der Waals surface area contributed by atoms with Crippen LogP contribution in [-0.4, -0.2) is 36.9 Å². The van der Waals surface area contributed by atoms with E-state index in [1.807, 2.05) is 0 Å². The van der Waals surface area contributed by atoms with Crippen LogP contribution in [0, 0.1) is 18.6 Å². The molecule has 3 N–H and O–H groups in total. The molecule has 0 saturated heterocycles. The largest absolute Gasteiger partial charge is 0.330 e. The highest BCUT2D eigenvalue weighted by atomic mass is 32.2. The molecule has 0 aliphatic heterocycles. The van der Waals surface area contributed by atoms with E-state index in [1.165, 1.54) is 29.8 Å². The molecule has 34 heavy (non-hydrogen) atoms. The summed E-state index contributed by atoms with van der Waals surface area (Å²) in [5.41, 5.74) is 1.52. The number of hydrogen-bond donors (Lipinski definition) is 3. The topological polar surface area (TPSA) is 108 Å². The van der Waals surface area contributed by atoms with Gasteiger partial charge in [0.05, 0.1) is 40.5 Å². The van der Waals surface area contributed by atoms with Crippen molar-refractivity contribution in [3.05, 3.63) is 81.7 Å². The third-order valence-electron chi connectivity index (χ3n) is 5.60. The first-order valence-corrected chi connectivity index (χ1v) is 11.4. The number of rotatable bonds is 5.